The van der Waals surface area contributed by atoms with Gasteiger partial charge in [0.15, 0.2) is 11.2 Å². The highest BCUT2D eigenvalue weighted by atomic mass is 16.3. The van der Waals surface area contributed by atoms with Crippen LogP contribution >= 0.6 is 0 Å². The topological polar surface area (TPSA) is 97.3 Å². The first-order valence-corrected chi connectivity index (χ1v) is 10.4. The minimum atomic E-state index is -0.408. The van der Waals surface area contributed by atoms with Gasteiger partial charge in [-0.05, 0) is 24.9 Å². The van der Waals surface area contributed by atoms with Crippen LogP contribution in [0.2, 0.25) is 0 Å². The van der Waals surface area contributed by atoms with Gasteiger partial charge in [0.1, 0.15) is 0 Å². The molecule has 2 aromatic heterocycles. The van der Waals surface area contributed by atoms with Crippen LogP contribution in [0.4, 0.5) is 5.95 Å². The number of aliphatic hydroxyl groups excluding tert-OH is 1. The highest BCUT2D eigenvalue weighted by Gasteiger charge is 2.24. The van der Waals surface area contributed by atoms with Crippen LogP contribution in [-0.4, -0.2) is 56.6 Å². The molecule has 1 fully saturated rings. The second-order valence-electron chi connectivity index (χ2n) is 7.62. The van der Waals surface area contributed by atoms with E-state index in [0.717, 1.165) is 38.2 Å². The molecule has 0 atom stereocenters. The van der Waals surface area contributed by atoms with E-state index in [4.69, 9.17) is 4.98 Å². The summed E-state index contributed by atoms with van der Waals surface area (Å²) in [7, 11) is 1.65. The van der Waals surface area contributed by atoms with E-state index in [2.05, 4.69) is 10.2 Å². The van der Waals surface area contributed by atoms with Crippen LogP contribution in [0.25, 0.3) is 11.2 Å². The van der Waals surface area contributed by atoms with Crippen molar-refractivity contribution in [2.24, 2.45) is 7.05 Å². The van der Waals surface area contributed by atoms with Gasteiger partial charge in [-0.15, -0.1) is 0 Å². The van der Waals surface area contributed by atoms with E-state index in [0.29, 0.717) is 30.1 Å². The molecule has 3 aromatic rings. The quantitative estimate of drug-likeness (QED) is 0.597. The van der Waals surface area contributed by atoms with Crippen LogP contribution in [0.3, 0.4) is 0 Å². The van der Waals surface area contributed by atoms with Crippen molar-refractivity contribution in [1.29, 1.82) is 0 Å². The molecule has 9 nitrogen and oxygen atoms in total. The van der Waals surface area contributed by atoms with E-state index < -0.39 is 5.69 Å². The van der Waals surface area contributed by atoms with Crippen molar-refractivity contribution in [3.05, 3.63) is 56.7 Å². The fourth-order valence-electron chi connectivity index (χ4n) is 3.99. The number of nitrogens with zero attached hydrogens (tertiary/aromatic N) is 5. The predicted octanol–water partition coefficient (Wildman–Crippen LogP) is 0.127. The lowest BCUT2D eigenvalue weighted by molar-refractivity contribution is 0.277. The van der Waals surface area contributed by atoms with Gasteiger partial charge in [0.2, 0.25) is 5.95 Å². The number of rotatable bonds is 6. The third-order valence-electron chi connectivity index (χ3n) is 5.56. The van der Waals surface area contributed by atoms with Crippen molar-refractivity contribution in [2.45, 2.75) is 25.9 Å². The Morgan fingerprint density at radius 1 is 1.10 bits per heavy atom. The average molecular weight is 412 g/mol. The summed E-state index contributed by atoms with van der Waals surface area (Å²) in [5, 5.41) is 12.6. The summed E-state index contributed by atoms with van der Waals surface area (Å²) in [6, 6.07) is 9.94. The Labute approximate surface area is 174 Å². The molecule has 1 aliphatic heterocycles. The first-order chi connectivity index (χ1) is 14.6. The van der Waals surface area contributed by atoms with Crippen molar-refractivity contribution in [3.63, 3.8) is 0 Å². The van der Waals surface area contributed by atoms with Crippen molar-refractivity contribution in [2.75, 3.05) is 37.7 Å². The molecule has 0 bridgehead atoms. The van der Waals surface area contributed by atoms with Gasteiger partial charge in [0, 0.05) is 39.8 Å². The van der Waals surface area contributed by atoms with E-state index in [1.807, 2.05) is 34.9 Å². The molecule has 0 amide bonds. The normalized spacial score (nSPS) is 14.9. The van der Waals surface area contributed by atoms with Crippen LogP contribution in [-0.2, 0) is 20.1 Å². The Morgan fingerprint density at radius 3 is 2.67 bits per heavy atom. The van der Waals surface area contributed by atoms with E-state index >= 15 is 0 Å². The maximum atomic E-state index is 13.4. The van der Waals surface area contributed by atoms with Crippen molar-refractivity contribution in [1.82, 2.24) is 24.0 Å². The smallest absolute Gasteiger partial charge is 0.332 e. The molecule has 0 aliphatic carbocycles. The zero-order chi connectivity index (χ0) is 21.1. The van der Waals surface area contributed by atoms with E-state index in [1.54, 1.807) is 7.05 Å². The first kappa shape index (κ1) is 20.4. The van der Waals surface area contributed by atoms with Gasteiger partial charge in [0.05, 0.1) is 6.54 Å². The summed E-state index contributed by atoms with van der Waals surface area (Å²) >= 11 is 0. The zero-order valence-electron chi connectivity index (χ0n) is 17.3. The van der Waals surface area contributed by atoms with Crippen LogP contribution in [0, 0.1) is 0 Å². The fraction of sp³-hybridized carbons (Fsp3) is 0.476. The molecule has 3 heterocycles. The second-order valence-corrected chi connectivity index (χ2v) is 7.62. The Bertz CT molecular complexity index is 1120. The Balaban J connectivity index is 1.94. The average Bonchev–Trinajstić information content (AvgIpc) is 2.93. The molecule has 1 saturated heterocycles. The largest absolute Gasteiger partial charge is 0.396 e. The lowest BCUT2D eigenvalue weighted by atomic mass is 10.2. The minimum absolute atomic E-state index is 0.0804. The summed E-state index contributed by atoms with van der Waals surface area (Å²) in [4.78, 5) is 33.1. The van der Waals surface area contributed by atoms with Crippen LogP contribution < -0.4 is 21.5 Å². The van der Waals surface area contributed by atoms with E-state index in [9.17, 15) is 14.7 Å². The molecule has 1 aliphatic rings. The number of aryl methyl sites for hydroxylation is 1. The number of nitrogens with one attached hydrogen (secondary N) is 1. The molecule has 1 aromatic carbocycles. The van der Waals surface area contributed by atoms with Gasteiger partial charge in [-0.25, -0.2) is 4.79 Å². The van der Waals surface area contributed by atoms with Gasteiger partial charge in [-0.1, -0.05) is 30.3 Å². The van der Waals surface area contributed by atoms with Crippen LogP contribution in [0.15, 0.2) is 39.9 Å². The zero-order valence-corrected chi connectivity index (χ0v) is 17.3. The second kappa shape index (κ2) is 8.85. The molecule has 30 heavy (non-hydrogen) atoms. The molecule has 0 unspecified atom stereocenters. The lowest BCUT2D eigenvalue weighted by Crippen LogP contribution is -2.40. The number of imidazole rings is 1. The van der Waals surface area contributed by atoms with Gasteiger partial charge >= 0.3 is 5.69 Å². The molecule has 0 spiro atoms. The van der Waals surface area contributed by atoms with Crippen molar-refractivity contribution < 1.29 is 5.11 Å². The van der Waals surface area contributed by atoms with Crippen molar-refractivity contribution in [3.8, 4) is 0 Å². The number of aromatic nitrogens is 4. The molecular weight excluding hydrogens is 384 g/mol. The maximum absolute atomic E-state index is 13.4. The number of benzene rings is 1. The Kier molecular flexibility index (Phi) is 6.01. The van der Waals surface area contributed by atoms with E-state index in [-0.39, 0.29) is 18.7 Å². The third kappa shape index (κ3) is 3.78. The highest BCUT2D eigenvalue weighted by Crippen LogP contribution is 2.22. The minimum Gasteiger partial charge on any atom is -0.396 e. The Hall–Kier alpha value is -2.91. The fourth-order valence-corrected chi connectivity index (χ4v) is 3.99. The molecule has 4 rings (SSSR count). The SMILES string of the molecule is Cn1c(=O)n(CCCO)c(=O)c2c1nc(N1CCCNCC1)n2Cc1ccccc1. The summed E-state index contributed by atoms with van der Waals surface area (Å²) in [6.07, 6.45) is 1.33. The van der Waals surface area contributed by atoms with Gasteiger partial charge < -0.3 is 15.3 Å². The van der Waals surface area contributed by atoms with Gasteiger partial charge in [-0.2, -0.15) is 4.98 Å². The number of aliphatic hydroxyl groups is 1. The first-order valence-electron chi connectivity index (χ1n) is 10.4. The summed E-state index contributed by atoms with van der Waals surface area (Å²) in [5.41, 5.74) is 1.11. The van der Waals surface area contributed by atoms with Crippen molar-refractivity contribution >= 4 is 17.1 Å². The van der Waals surface area contributed by atoms with Gasteiger partial charge in [-0.3, -0.25) is 18.5 Å². The standard InChI is InChI=1S/C21H28N6O3/c1-24-18-17(19(29)26(21(24)30)12-6-14-28)27(15-16-7-3-2-4-8-16)20(23-18)25-11-5-9-22-10-13-25/h2-4,7-8,22,28H,5-6,9-15H2,1H3. The Morgan fingerprint density at radius 2 is 1.90 bits per heavy atom. The molecular formula is C21H28N6O3. The summed E-state index contributed by atoms with van der Waals surface area (Å²) < 4.78 is 4.58. The molecule has 0 radical (unpaired) electrons. The highest BCUT2D eigenvalue weighted by molar-refractivity contribution is 5.74. The third-order valence-corrected chi connectivity index (χ3v) is 5.56. The van der Waals surface area contributed by atoms with Crippen LogP contribution in [0.5, 0.6) is 0 Å². The summed E-state index contributed by atoms with van der Waals surface area (Å²) in [5.74, 6) is 0.713. The number of fused-ring (bicyclic) bond motifs is 1. The molecule has 160 valence electrons. The molecule has 0 saturated carbocycles. The number of hydrogen-bond donors (Lipinski definition) is 2. The number of hydrogen-bond acceptors (Lipinski definition) is 6. The molecule has 9 heteroatoms. The predicted molar refractivity (Wildman–Crippen MR) is 116 cm³/mol. The van der Waals surface area contributed by atoms with Crippen LogP contribution in [0.1, 0.15) is 18.4 Å². The summed E-state index contributed by atoms with van der Waals surface area (Å²) in [6.45, 7) is 3.99. The maximum Gasteiger partial charge on any atom is 0.332 e. The number of anilines is 1. The lowest BCUT2D eigenvalue weighted by Gasteiger charge is -2.22. The van der Waals surface area contributed by atoms with Gasteiger partial charge in [0.25, 0.3) is 5.56 Å². The molecule has 2 N–H and O–H groups in total. The monoisotopic (exact) mass is 412 g/mol. The van der Waals surface area contributed by atoms with E-state index in [1.165, 1.54) is 9.13 Å².